The number of nitrogens with zero attached hydrogens (tertiary/aromatic N) is 2. The summed E-state index contributed by atoms with van der Waals surface area (Å²) < 4.78 is 0. The average Bonchev–Trinajstić information content (AvgIpc) is 2.80. The van der Waals surface area contributed by atoms with Gasteiger partial charge < -0.3 is 10.0 Å². The van der Waals surface area contributed by atoms with Crippen LogP contribution < -0.4 is 0 Å². The molecule has 2 heterocycles. The molecule has 4 unspecified atom stereocenters. The highest BCUT2D eigenvalue weighted by atomic mass is 16.4. The molecule has 5 heteroatoms. The van der Waals surface area contributed by atoms with E-state index in [0.717, 1.165) is 19.5 Å². The lowest BCUT2D eigenvalue weighted by molar-refractivity contribution is -0.155. The Hall–Kier alpha value is -1.10. The summed E-state index contributed by atoms with van der Waals surface area (Å²) in [6, 6.07) is 0.192. The van der Waals surface area contributed by atoms with Crippen molar-refractivity contribution in [3.8, 4) is 0 Å². The lowest BCUT2D eigenvalue weighted by Crippen LogP contribution is -2.55. The lowest BCUT2D eigenvalue weighted by Gasteiger charge is -2.42. The van der Waals surface area contributed by atoms with Crippen LogP contribution >= 0.6 is 0 Å². The number of carbonyl (C=O) groups is 2. The quantitative estimate of drug-likeness (QED) is 0.847. The van der Waals surface area contributed by atoms with Crippen LogP contribution in [-0.2, 0) is 9.59 Å². The first-order valence-electron chi connectivity index (χ1n) is 7.72. The third-order valence-corrected chi connectivity index (χ3v) is 5.04. The second kappa shape index (κ2) is 6.12. The first-order valence-corrected chi connectivity index (χ1v) is 7.72. The van der Waals surface area contributed by atoms with Crippen molar-refractivity contribution in [3.05, 3.63) is 0 Å². The highest BCUT2D eigenvalue weighted by Crippen LogP contribution is 2.31. The van der Waals surface area contributed by atoms with E-state index in [1.807, 2.05) is 18.7 Å². The van der Waals surface area contributed by atoms with Crippen molar-refractivity contribution < 1.29 is 14.7 Å². The van der Waals surface area contributed by atoms with E-state index in [1.165, 1.54) is 6.42 Å². The Morgan fingerprint density at radius 2 is 2.10 bits per heavy atom. The van der Waals surface area contributed by atoms with Crippen LogP contribution in [-0.4, -0.2) is 58.5 Å². The van der Waals surface area contributed by atoms with E-state index in [9.17, 15) is 14.7 Å². The molecule has 4 atom stereocenters. The number of carboxylic acid groups (broad SMARTS) is 1. The van der Waals surface area contributed by atoms with Crippen molar-refractivity contribution >= 4 is 11.9 Å². The number of amides is 1. The molecule has 1 amide bonds. The van der Waals surface area contributed by atoms with Gasteiger partial charge in [-0.05, 0) is 38.8 Å². The molecule has 2 aliphatic heterocycles. The first-order chi connectivity index (χ1) is 9.45. The Morgan fingerprint density at radius 3 is 2.70 bits per heavy atom. The summed E-state index contributed by atoms with van der Waals surface area (Å²) in [5.41, 5.74) is 0. The van der Waals surface area contributed by atoms with Gasteiger partial charge in [0.05, 0.1) is 5.92 Å². The van der Waals surface area contributed by atoms with Crippen LogP contribution in [0.4, 0.5) is 0 Å². The zero-order valence-corrected chi connectivity index (χ0v) is 12.7. The number of likely N-dealkylation sites (tertiary alicyclic amines) is 2. The van der Waals surface area contributed by atoms with Crippen LogP contribution in [0.5, 0.6) is 0 Å². The Labute approximate surface area is 120 Å². The second-order valence-corrected chi connectivity index (χ2v) is 6.26. The standard InChI is InChI=1S/C15H26N2O3/c1-4-16-7-5-6-12(16)9-17-11(3)14(15(19)20)10(2)8-13(17)18/h10-12,14H,4-9H2,1-3H3,(H,19,20). The molecule has 2 saturated heterocycles. The van der Waals surface area contributed by atoms with E-state index in [-0.39, 0.29) is 17.9 Å². The normalized spacial score (nSPS) is 35.5. The fourth-order valence-corrected chi connectivity index (χ4v) is 3.88. The van der Waals surface area contributed by atoms with Crippen LogP contribution in [0.2, 0.25) is 0 Å². The fourth-order valence-electron chi connectivity index (χ4n) is 3.88. The highest BCUT2D eigenvalue weighted by molar-refractivity contribution is 5.81. The Balaban J connectivity index is 2.09. The van der Waals surface area contributed by atoms with Crippen molar-refractivity contribution in [2.24, 2.45) is 11.8 Å². The fraction of sp³-hybridized carbons (Fsp3) is 0.867. The third-order valence-electron chi connectivity index (χ3n) is 5.04. The number of hydrogen-bond donors (Lipinski definition) is 1. The third kappa shape index (κ3) is 2.82. The second-order valence-electron chi connectivity index (χ2n) is 6.26. The van der Waals surface area contributed by atoms with E-state index < -0.39 is 11.9 Å². The minimum atomic E-state index is -0.777. The molecule has 0 aromatic heterocycles. The summed E-state index contributed by atoms with van der Waals surface area (Å²) in [5.74, 6) is -1.17. The van der Waals surface area contributed by atoms with Crippen molar-refractivity contribution in [2.75, 3.05) is 19.6 Å². The predicted molar refractivity (Wildman–Crippen MR) is 76.4 cm³/mol. The molecule has 0 aromatic carbocycles. The van der Waals surface area contributed by atoms with Gasteiger partial charge in [0.1, 0.15) is 0 Å². The molecule has 0 spiro atoms. The van der Waals surface area contributed by atoms with E-state index in [0.29, 0.717) is 19.0 Å². The number of carbonyl (C=O) groups excluding carboxylic acids is 1. The minimum absolute atomic E-state index is 0.0721. The topological polar surface area (TPSA) is 60.9 Å². The van der Waals surface area contributed by atoms with Gasteiger partial charge in [0.25, 0.3) is 0 Å². The van der Waals surface area contributed by atoms with Gasteiger partial charge in [-0.15, -0.1) is 0 Å². The summed E-state index contributed by atoms with van der Waals surface area (Å²) in [6.45, 7) is 8.68. The lowest BCUT2D eigenvalue weighted by atomic mass is 9.81. The maximum absolute atomic E-state index is 12.3. The first kappa shape index (κ1) is 15.3. The molecule has 0 aliphatic carbocycles. The van der Waals surface area contributed by atoms with Gasteiger partial charge in [-0.25, -0.2) is 0 Å². The van der Waals surface area contributed by atoms with Crippen molar-refractivity contribution in [1.29, 1.82) is 0 Å². The molecule has 2 fully saturated rings. The van der Waals surface area contributed by atoms with E-state index >= 15 is 0 Å². The molecule has 114 valence electrons. The van der Waals surface area contributed by atoms with E-state index in [2.05, 4.69) is 11.8 Å². The molecule has 1 N–H and O–H groups in total. The van der Waals surface area contributed by atoms with Crippen LogP contribution in [0.15, 0.2) is 0 Å². The molecule has 0 radical (unpaired) electrons. The number of carboxylic acids is 1. The summed E-state index contributed by atoms with van der Waals surface area (Å²) in [7, 11) is 0. The molecule has 0 aromatic rings. The molecule has 2 aliphatic rings. The molecule has 2 rings (SSSR count). The zero-order chi connectivity index (χ0) is 14.9. The van der Waals surface area contributed by atoms with Gasteiger partial charge in [0.2, 0.25) is 5.91 Å². The Bertz CT molecular complexity index is 385. The van der Waals surface area contributed by atoms with Gasteiger partial charge in [0, 0.05) is 25.0 Å². The molecule has 0 saturated carbocycles. The maximum atomic E-state index is 12.3. The Kier molecular flexibility index (Phi) is 4.68. The van der Waals surface area contributed by atoms with Crippen LogP contribution in [0.3, 0.4) is 0 Å². The van der Waals surface area contributed by atoms with Gasteiger partial charge in [-0.3, -0.25) is 14.5 Å². The molecular formula is C15H26N2O3. The summed E-state index contributed by atoms with van der Waals surface area (Å²) in [6.07, 6.45) is 2.64. The largest absolute Gasteiger partial charge is 0.481 e. The van der Waals surface area contributed by atoms with Gasteiger partial charge in [-0.1, -0.05) is 13.8 Å². The van der Waals surface area contributed by atoms with Gasteiger partial charge in [-0.2, -0.15) is 0 Å². The number of likely N-dealkylation sites (N-methyl/N-ethyl adjacent to an activating group) is 1. The van der Waals surface area contributed by atoms with Crippen molar-refractivity contribution in [3.63, 3.8) is 0 Å². The zero-order valence-electron chi connectivity index (χ0n) is 12.7. The van der Waals surface area contributed by atoms with Gasteiger partial charge in [0.15, 0.2) is 0 Å². The number of piperidine rings is 1. The summed E-state index contributed by atoms with van der Waals surface area (Å²) in [5, 5.41) is 9.39. The van der Waals surface area contributed by atoms with Crippen LogP contribution in [0.25, 0.3) is 0 Å². The minimum Gasteiger partial charge on any atom is -0.481 e. The van der Waals surface area contributed by atoms with E-state index in [1.54, 1.807) is 0 Å². The number of aliphatic carboxylic acids is 1. The van der Waals surface area contributed by atoms with Crippen molar-refractivity contribution in [2.45, 2.75) is 52.1 Å². The molecule has 0 bridgehead atoms. The highest BCUT2D eigenvalue weighted by Gasteiger charge is 2.42. The number of rotatable bonds is 4. The SMILES string of the molecule is CCN1CCCC1CN1C(=O)CC(C)C(C(=O)O)C1C. The number of hydrogen-bond acceptors (Lipinski definition) is 3. The van der Waals surface area contributed by atoms with Crippen LogP contribution in [0.1, 0.15) is 40.0 Å². The Morgan fingerprint density at radius 1 is 1.40 bits per heavy atom. The average molecular weight is 282 g/mol. The monoisotopic (exact) mass is 282 g/mol. The van der Waals surface area contributed by atoms with Crippen molar-refractivity contribution in [1.82, 2.24) is 9.80 Å². The molecular weight excluding hydrogens is 256 g/mol. The van der Waals surface area contributed by atoms with E-state index in [4.69, 9.17) is 0 Å². The summed E-state index contributed by atoms with van der Waals surface area (Å²) in [4.78, 5) is 27.9. The smallest absolute Gasteiger partial charge is 0.308 e. The molecule has 20 heavy (non-hydrogen) atoms. The predicted octanol–water partition coefficient (Wildman–Crippen LogP) is 1.43. The van der Waals surface area contributed by atoms with Gasteiger partial charge >= 0.3 is 5.97 Å². The molecule has 5 nitrogen and oxygen atoms in total. The summed E-state index contributed by atoms with van der Waals surface area (Å²) >= 11 is 0. The maximum Gasteiger partial charge on any atom is 0.308 e. The van der Waals surface area contributed by atoms with Crippen LogP contribution in [0, 0.1) is 11.8 Å².